The van der Waals surface area contributed by atoms with Crippen LogP contribution >= 0.6 is 11.8 Å². The second kappa shape index (κ2) is 4.77. The second-order valence-electron chi connectivity index (χ2n) is 6.16. The van der Waals surface area contributed by atoms with E-state index >= 15 is 0 Å². The number of aromatic nitrogens is 2. The molecule has 2 heterocycles. The Kier molecular flexibility index (Phi) is 3.21. The van der Waals surface area contributed by atoms with Crippen LogP contribution in [0.3, 0.4) is 0 Å². The summed E-state index contributed by atoms with van der Waals surface area (Å²) in [7, 11) is 0. The predicted molar refractivity (Wildman–Crippen MR) is 84.0 cm³/mol. The van der Waals surface area contributed by atoms with Gasteiger partial charge in [0, 0.05) is 22.6 Å². The van der Waals surface area contributed by atoms with E-state index in [4.69, 9.17) is 0 Å². The molecule has 3 nitrogen and oxygen atoms in total. The van der Waals surface area contributed by atoms with Gasteiger partial charge in [-0.2, -0.15) is 11.8 Å². The molecular formula is C16H18N2OS. The van der Waals surface area contributed by atoms with Gasteiger partial charge in [0.25, 0.3) is 5.56 Å². The molecule has 0 aliphatic carbocycles. The Bertz CT molecular complexity index is 696. The van der Waals surface area contributed by atoms with Crippen LogP contribution in [0.1, 0.15) is 37.6 Å². The minimum atomic E-state index is 0.00916. The zero-order valence-corrected chi connectivity index (χ0v) is 12.8. The van der Waals surface area contributed by atoms with Crippen LogP contribution in [0.4, 0.5) is 0 Å². The maximum Gasteiger partial charge on any atom is 0.255 e. The molecule has 2 aromatic rings. The van der Waals surface area contributed by atoms with E-state index in [0.29, 0.717) is 5.82 Å². The topological polar surface area (TPSA) is 45.8 Å². The highest BCUT2D eigenvalue weighted by Crippen LogP contribution is 2.28. The molecule has 0 spiro atoms. The summed E-state index contributed by atoms with van der Waals surface area (Å²) in [6.45, 7) is 6.57. The highest BCUT2D eigenvalue weighted by atomic mass is 32.2. The first-order chi connectivity index (χ1) is 9.45. The summed E-state index contributed by atoms with van der Waals surface area (Å²) < 4.78 is 0. The Morgan fingerprint density at radius 1 is 1.15 bits per heavy atom. The van der Waals surface area contributed by atoms with Crippen LogP contribution in [0.2, 0.25) is 0 Å². The first kappa shape index (κ1) is 13.4. The highest BCUT2D eigenvalue weighted by Gasteiger charge is 2.18. The summed E-state index contributed by atoms with van der Waals surface area (Å²) in [6.07, 6.45) is 0. The number of aromatic amines is 1. The van der Waals surface area contributed by atoms with E-state index in [1.807, 2.05) is 12.1 Å². The van der Waals surface area contributed by atoms with Crippen molar-refractivity contribution in [3.63, 3.8) is 0 Å². The molecular weight excluding hydrogens is 268 g/mol. The van der Waals surface area contributed by atoms with Crippen molar-refractivity contribution < 1.29 is 0 Å². The number of nitrogens with zero attached hydrogens (tertiary/aromatic N) is 1. The highest BCUT2D eigenvalue weighted by molar-refractivity contribution is 7.98. The van der Waals surface area contributed by atoms with E-state index in [0.717, 1.165) is 28.3 Å². The van der Waals surface area contributed by atoms with Crippen molar-refractivity contribution in [1.82, 2.24) is 9.97 Å². The average molecular weight is 286 g/mol. The van der Waals surface area contributed by atoms with Gasteiger partial charge in [-0.3, -0.25) is 4.79 Å². The molecule has 0 radical (unpaired) electrons. The molecule has 0 unspecified atom stereocenters. The number of hydrogen-bond donors (Lipinski definition) is 1. The number of fused-ring (bicyclic) bond motifs is 1. The van der Waals surface area contributed by atoms with Crippen LogP contribution in [0.25, 0.3) is 11.4 Å². The number of benzene rings is 1. The van der Waals surface area contributed by atoms with Crippen molar-refractivity contribution in [2.45, 2.75) is 37.7 Å². The van der Waals surface area contributed by atoms with Crippen LogP contribution in [-0.2, 0) is 16.9 Å². The fraction of sp³-hybridized carbons (Fsp3) is 0.375. The number of rotatable bonds is 1. The molecule has 104 valence electrons. The molecule has 20 heavy (non-hydrogen) atoms. The van der Waals surface area contributed by atoms with E-state index in [2.05, 4.69) is 42.9 Å². The molecule has 0 bridgehead atoms. The van der Waals surface area contributed by atoms with Crippen molar-refractivity contribution >= 4 is 11.8 Å². The third-order valence-electron chi connectivity index (χ3n) is 3.61. The molecule has 1 aliphatic heterocycles. The van der Waals surface area contributed by atoms with Gasteiger partial charge in [0.05, 0.1) is 5.69 Å². The van der Waals surface area contributed by atoms with E-state index in [9.17, 15) is 4.79 Å². The fourth-order valence-electron chi connectivity index (χ4n) is 2.33. The molecule has 0 saturated carbocycles. The largest absolute Gasteiger partial charge is 0.306 e. The molecule has 0 atom stereocenters. The van der Waals surface area contributed by atoms with E-state index in [1.54, 1.807) is 11.8 Å². The van der Waals surface area contributed by atoms with Crippen LogP contribution in [0, 0.1) is 0 Å². The molecule has 1 aromatic heterocycles. The molecule has 0 fully saturated rings. The van der Waals surface area contributed by atoms with Crippen LogP contribution in [0.5, 0.6) is 0 Å². The van der Waals surface area contributed by atoms with E-state index in [-0.39, 0.29) is 11.0 Å². The van der Waals surface area contributed by atoms with Crippen molar-refractivity contribution in [3.05, 3.63) is 51.4 Å². The normalized spacial score (nSPS) is 14.3. The second-order valence-corrected chi connectivity index (χ2v) is 7.15. The van der Waals surface area contributed by atoms with Gasteiger partial charge in [0.15, 0.2) is 0 Å². The Hall–Kier alpha value is -1.55. The molecule has 1 aliphatic rings. The summed E-state index contributed by atoms with van der Waals surface area (Å²) in [5.41, 5.74) is 4.16. The molecule has 3 rings (SSSR count). The van der Waals surface area contributed by atoms with Crippen molar-refractivity contribution in [2.24, 2.45) is 0 Å². The lowest BCUT2D eigenvalue weighted by atomic mass is 9.87. The molecule has 0 amide bonds. The number of nitrogens with one attached hydrogen (secondary N) is 1. The van der Waals surface area contributed by atoms with Crippen LogP contribution in [0.15, 0.2) is 29.1 Å². The van der Waals surface area contributed by atoms with Gasteiger partial charge in [0.2, 0.25) is 0 Å². The third kappa shape index (κ3) is 2.40. The Morgan fingerprint density at radius 3 is 2.50 bits per heavy atom. The Balaban J connectivity index is 2.02. The van der Waals surface area contributed by atoms with Crippen LogP contribution in [-0.4, -0.2) is 9.97 Å². The van der Waals surface area contributed by atoms with E-state index in [1.165, 1.54) is 5.56 Å². The molecule has 1 N–H and O–H groups in total. The Labute approximate surface area is 122 Å². The van der Waals surface area contributed by atoms with Crippen molar-refractivity contribution in [1.29, 1.82) is 0 Å². The van der Waals surface area contributed by atoms with E-state index < -0.39 is 0 Å². The van der Waals surface area contributed by atoms with Crippen LogP contribution < -0.4 is 5.56 Å². The Morgan fingerprint density at radius 2 is 1.85 bits per heavy atom. The average Bonchev–Trinajstić information content (AvgIpc) is 2.86. The third-order valence-corrected chi connectivity index (χ3v) is 4.58. The number of thioether (sulfide) groups is 1. The summed E-state index contributed by atoms with van der Waals surface area (Å²) in [6, 6.07) is 8.29. The first-order valence-corrected chi connectivity index (χ1v) is 7.91. The number of H-pyrrole nitrogens is 1. The SMILES string of the molecule is CC(C)(C)c1ccc(-c2nc3c(c(=O)[nH]2)CSC3)cc1. The monoisotopic (exact) mass is 286 g/mol. The standard InChI is InChI=1S/C16H18N2OS/c1-16(2,3)11-6-4-10(5-7-11)14-17-13-9-20-8-12(13)15(19)18-14/h4-7H,8-9H2,1-3H3,(H,17,18,19). The van der Waals surface area contributed by atoms with Crippen molar-refractivity contribution in [2.75, 3.05) is 0 Å². The van der Waals surface area contributed by atoms with Gasteiger partial charge in [-0.1, -0.05) is 45.0 Å². The minimum absolute atomic E-state index is 0.00916. The quantitative estimate of drug-likeness (QED) is 0.873. The predicted octanol–water partition coefficient (Wildman–Crippen LogP) is 3.48. The van der Waals surface area contributed by atoms with Gasteiger partial charge in [-0.25, -0.2) is 4.98 Å². The van der Waals surface area contributed by atoms with Gasteiger partial charge in [-0.15, -0.1) is 0 Å². The fourth-order valence-corrected chi connectivity index (χ4v) is 3.36. The smallest absolute Gasteiger partial charge is 0.255 e. The van der Waals surface area contributed by atoms with Gasteiger partial charge in [-0.05, 0) is 11.0 Å². The molecule has 0 saturated heterocycles. The molecule has 1 aromatic carbocycles. The number of hydrogen-bond acceptors (Lipinski definition) is 3. The first-order valence-electron chi connectivity index (χ1n) is 6.76. The van der Waals surface area contributed by atoms with Gasteiger partial charge < -0.3 is 4.98 Å². The minimum Gasteiger partial charge on any atom is -0.306 e. The summed E-state index contributed by atoms with van der Waals surface area (Å²) in [5.74, 6) is 2.30. The summed E-state index contributed by atoms with van der Waals surface area (Å²) >= 11 is 1.74. The maximum absolute atomic E-state index is 12.0. The molecule has 4 heteroatoms. The van der Waals surface area contributed by atoms with Gasteiger partial charge >= 0.3 is 0 Å². The lowest BCUT2D eigenvalue weighted by molar-refractivity contribution is 0.590. The zero-order chi connectivity index (χ0) is 14.3. The van der Waals surface area contributed by atoms with Gasteiger partial charge in [0.1, 0.15) is 5.82 Å². The summed E-state index contributed by atoms with van der Waals surface area (Å²) in [4.78, 5) is 19.5. The summed E-state index contributed by atoms with van der Waals surface area (Å²) in [5, 5.41) is 0. The lowest BCUT2D eigenvalue weighted by Gasteiger charge is -2.19. The lowest BCUT2D eigenvalue weighted by Crippen LogP contribution is -2.15. The van der Waals surface area contributed by atoms with Crippen molar-refractivity contribution in [3.8, 4) is 11.4 Å². The zero-order valence-electron chi connectivity index (χ0n) is 12.0. The maximum atomic E-state index is 12.0.